The van der Waals surface area contributed by atoms with Crippen LogP contribution in [0.4, 0.5) is 0 Å². The molecular weight excluding hydrogens is 280 g/mol. The molecule has 2 rings (SSSR count). The monoisotopic (exact) mass is 310 g/mol. The maximum absolute atomic E-state index is 12.5. The highest BCUT2D eigenvalue weighted by Gasteiger charge is 2.25. The normalized spacial score (nSPS) is 20.2. The summed E-state index contributed by atoms with van der Waals surface area (Å²) in [5.74, 6) is 0.378. The number of piperidine rings is 1. The number of rotatable bonds is 7. The molecule has 0 unspecified atom stereocenters. The molecule has 2 amide bonds. The second kappa shape index (κ2) is 9.13. The lowest BCUT2D eigenvalue weighted by Gasteiger charge is -2.34. The minimum atomic E-state index is 0.0346. The summed E-state index contributed by atoms with van der Waals surface area (Å²) in [6.45, 7) is 2.03. The van der Waals surface area contributed by atoms with Crippen LogP contribution in [0.3, 0.4) is 0 Å². The van der Waals surface area contributed by atoms with Crippen LogP contribution in [0.2, 0.25) is 0 Å². The predicted molar refractivity (Wildman–Crippen MR) is 85.3 cm³/mol. The number of amides is 2. The lowest BCUT2D eigenvalue weighted by molar-refractivity contribution is -0.137. The van der Waals surface area contributed by atoms with Gasteiger partial charge in [-0.15, -0.1) is 0 Å². The molecule has 2 aliphatic rings. The molecular formula is C17H30N2O3. The van der Waals surface area contributed by atoms with Crippen molar-refractivity contribution in [3.8, 4) is 0 Å². The molecule has 5 heteroatoms. The predicted octanol–water partition coefficient (Wildman–Crippen LogP) is 1.93. The summed E-state index contributed by atoms with van der Waals surface area (Å²) >= 11 is 0. The van der Waals surface area contributed by atoms with Crippen LogP contribution in [0.5, 0.6) is 0 Å². The van der Waals surface area contributed by atoms with E-state index in [0.29, 0.717) is 32.0 Å². The molecule has 0 atom stereocenters. The molecule has 2 fully saturated rings. The molecule has 1 heterocycles. The average Bonchev–Trinajstić information content (AvgIpc) is 2.55. The van der Waals surface area contributed by atoms with Gasteiger partial charge in [-0.3, -0.25) is 9.59 Å². The first-order valence-corrected chi connectivity index (χ1v) is 8.90. The zero-order chi connectivity index (χ0) is 15.8. The summed E-state index contributed by atoms with van der Waals surface area (Å²) in [7, 11) is 0. The van der Waals surface area contributed by atoms with Crippen LogP contribution >= 0.6 is 0 Å². The minimum absolute atomic E-state index is 0.0346. The highest BCUT2D eigenvalue weighted by molar-refractivity contribution is 5.78. The van der Waals surface area contributed by atoms with Gasteiger partial charge in [-0.05, 0) is 32.1 Å². The highest BCUT2D eigenvalue weighted by atomic mass is 16.3. The SMILES string of the molecule is O=C1CCCCN1CCCC(=O)N(CCO)C1CCCCC1. The van der Waals surface area contributed by atoms with Gasteiger partial charge >= 0.3 is 0 Å². The quantitative estimate of drug-likeness (QED) is 0.781. The van der Waals surface area contributed by atoms with Crippen LogP contribution in [0.15, 0.2) is 0 Å². The van der Waals surface area contributed by atoms with Crippen LogP contribution in [0.25, 0.3) is 0 Å². The van der Waals surface area contributed by atoms with E-state index in [4.69, 9.17) is 0 Å². The Kier molecular flexibility index (Phi) is 7.16. The van der Waals surface area contributed by atoms with Gasteiger partial charge < -0.3 is 14.9 Å². The molecule has 126 valence electrons. The van der Waals surface area contributed by atoms with Gasteiger partial charge in [0.25, 0.3) is 0 Å². The van der Waals surface area contributed by atoms with Gasteiger partial charge in [0.15, 0.2) is 0 Å². The Bertz CT molecular complexity index is 367. The average molecular weight is 310 g/mol. The zero-order valence-electron chi connectivity index (χ0n) is 13.6. The molecule has 0 aromatic heterocycles. The summed E-state index contributed by atoms with van der Waals surface area (Å²) in [4.78, 5) is 28.0. The lowest BCUT2D eigenvalue weighted by atomic mass is 9.94. The molecule has 1 saturated heterocycles. The maximum atomic E-state index is 12.5. The topological polar surface area (TPSA) is 60.9 Å². The smallest absolute Gasteiger partial charge is 0.222 e. The molecule has 0 radical (unpaired) electrons. The molecule has 1 N–H and O–H groups in total. The molecule has 1 aliphatic carbocycles. The first-order valence-electron chi connectivity index (χ1n) is 8.90. The van der Waals surface area contributed by atoms with E-state index in [1.165, 1.54) is 19.3 Å². The summed E-state index contributed by atoms with van der Waals surface area (Å²) in [6, 6.07) is 0.310. The molecule has 0 aromatic carbocycles. The van der Waals surface area contributed by atoms with Gasteiger partial charge in [0.1, 0.15) is 0 Å². The van der Waals surface area contributed by atoms with E-state index >= 15 is 0 Å². The molecule has 0 aromatic rings. The number of carbonyl (C=O) groups is 2. The van der Waals surface area contributed by atoms with Crippen molar-refractivity contribution in [3.05, 3.63) is 0 Å². The summed E-state index contributed by atoms with van der Waals surface area (Å²) in [5.41, 5.74) is 0. The van der Waals surface area contributed by atoms with Crippen molar-refractivity contribution in [1.82, 2.24) is 9.80 Å². The first kappa shape index (κ1) is 17.3. The Balaban J connectivity index is 1.76. The second-order valence-electron chi connectivity index (χ2n) is 6.54. The van der Waals surface area contributed by atoms with Crippen LogP contribution in [-0.2, 0) is 9.59 Å². The Morgan fingerprint density at radius 2 is 1.95 bits per heavy atom. The molecule has 0 spiro atoms. The van der Waals surface area contributed by atoms with Crippen LogP contribution in [-0.4, -0.2) is 59.0 Å². The Morgan fingerprint density at radius 3 is 2.64 bits per heavy atom. The van der Waals surface area contributed by atoms with Crippen molar-refractivity contribution in [3.63, 3.8) is 0 Å². The van der Waals surface area contributed by atoms with Crippen molar-refractivity contribution in [2.45, 2.75) is 70.3 Å². The fraction of sp³-hybridized carbons (Fsp3) is 0.882. The van der Waals surface area contributed by atoms with Gasteiger partial charge in [0.05, 0.1) is 6.61 Å². The number of hydrogen-bond acceptors (Lipinski definition) is 3. The number of aliphatic hydroxyl groups is 1. The zero-order valence-corrected chi connectivity index (χ0v) is 13.6. The molecule has 22 heavy (non-hydrogen) atoms. The number of hydrogen-bond donors (Lipinski definition) is 1. The van der Waals surface area contributed by atoms with Gasteiger partial charge in [0, 0.05) is 38.5 Å². The number of aliphatic hydroxyl groups excluding tert-OH is 1. The Labute approximate surface area is 133 Å². The van der Waals surface area contributed by atoms with Crippen molar-refractivity contribution in [2.75, 3.05) is 26.2 Å². The van der Waals surface area contributed by atoms with Gasteiger partial charge in [-0.2, -0.15) is 0 Å². The van der Waals surface area contributed by atoms with E-state index in [0.717, 1.165) is 38.6 Å². The Hall–Kier alpha value is -1.10. The van der Waals surface area contributed by atoms with Crippen LogP contribution < -0.4 is 0 Å². The molecule has 5 nitrogen and oxygen atoms in total. The summed E-state index contributed by atoms with van der Waals surface area (Å²) in [5, 5.41) is 9.23. The Morgan fingerprint density at radius 1 is 1.18 bits per heavy atom. The molecule has 0 bridgehead atoms. The maximum Gasteiger partial charge on any atom is 0.222 e. The fourth-order valence-corrected chi connectivity index (χ4v) is 3.67. The van der Waals surface area contributed by atoms with Crippen molar-refractivity contribution < 1.29 is 14.7 Å². The van der Waals surface area contributed by atoms with Gasteiger partial charge in [-0.1, -0.05) is 19.3 Å². The highest BCUT2D eigenvalue weighted by Crippen LogP contribution is 2.23. The fourth-order valence-electron chi connectivity index (χ4n) is 3.67. The number of nitrogens with zero attached hydrogens (tertiary/aromatic N) is 2. The van der Waals surface area contributed by atoms with Crippen molar-refractivity contribution in [2.24, 2.45) is 0 Å². The van der Waals surface area contributed by atoms with E-state index in [1.54, 1.807) is 0 Å². The van der Waals surface area contributed by atoms with E-state index in [-0.39, 0.29) is 18.4 Å². The second-order valence-corrected chi connectivity index (χ2v) is 6.54. The van der Waals surface area contributed by atoms with E-state index in [2.05, 4.69) is 0 Å². The molecule has 1 saturated carbocycles. The lowest BCUT2D eigenvalue weighted by Crippen LogP contribution is -2.43. The molecule has 1 aliphatic heterocycles. The van der Waals surface area contributed by atoms with Crippen LogP contribution in [0, 0.1) is 0 Å². The minimum Gasteiger partial charge on any atom is -0.395 e. The van der Waals surface area contributed by atoms with Gasteiger partial charge in [-0.25, -0.2) is 0 Å². The van der Waals surface area contributed by atoms with Crippen LogP contribution in [0.1, 0.15) is 64.2 Å². The largest absolute Gasteiger partial charge is 0.395 e. The third kappa shape index (κ3) is 4.97. The van der Waals surface area contributed by atoms with E-state index < -0.39 is 0 Å². The third-order valence-corrected chi connectivity index (χ3v) is 4.92. The number of carbonyl (C=O) groups excluding carboxylic acids is 2. The van der Waals surface area contributed by atoms with Gasteiger partial charge in [0.2, 0.25) is 11.8 Å². The van der Waals surface area contributed by atoms with E-state index in [1.807, 2.05) is 9.80 Å². The van der Waals surface area contributed by atoms with Crippen molar-refractivity contribution >= 4 is 11.8 Å². The summed E-state index contributed by atoms with van der Waals surface area (Å²) in [6.07, 6.45) is 9.72. The van der Waals surface area contributed by atoms with Crippen molar-refractivity contribution in [1.29, 1.82) is 0 Å². The standard InChI is InChI=1S/C17H30N2O3/c20-14-13-19(15-7-2-1-3-8-15)17(22)10-6-12-18-11-5-4-9-16(18)21/h15,20H,1-14H2. The number of likely N-dealkylation sites (tertiary alicyclic amines) is 1. The summed E-state index contributed by atoms with van der Waals surface area (Å²) < 4.78 is 0. The van der Waals surface area contributed by atoms with E-state index in [9.17, 15) is 14.7 Å². The first-order chi connectivity index (χ1) is 10.7. The third-order valence-electron chi connectivity index (χ3n) is 4.92.